The van der Waals surface area contributed by atoms with Crippen LogP contribution in [0.4, 0.5) is 8.78 Å². The first kappa shape index (κ1) is 7.67. The zero-order chi connectivity index (χ0) is 8.72. The van der Waals surface area contributed by atoms with Crippen LogP contribution in [-0.4, -0.2) is 9.97 Å². The minimum Gasteiger partial charge on any atom is -0.332 e. The molecule has 62 valence electrons. The van der Waals surface area contributed by atoms with Gasteiger partial charge in [0.15, 0.2) is 16.4 Å². The van der Waals surface area contributed by atoms with Crippen LogP contribution >= 0.6 is 15.9 Å². The zero-order valence-electron chi connectivity index (χ0n) is 5.74. The van der Waals surface area contributed by atoms with Crippen molar-refractivity contribution in [3.63, 3.8) is 0 Å². The number of benzene rings is 1. The number of rotatable bonds is 0. The molecule has 1 aromatic carbocycles. The van der Waals surface area contributed by atoms with E-state index in [2.05, 4.69) is 25.9 Å². The van der Waals surface area contributed by atoms with Crippen molar-refractivity contribution >= 4 is 27.0 Å². The van der Waals surface area contributed by atoms with E-state index in [-0.39, 0.29) is 5.52 Å². The first-order chi connectivity index (χ1) is 5.68. The van der Waals surface area contributed by atoms with E-state index in [4.69, 9.17) is 0 Å². The molecule has 0 spiro atoms. The SMILES string of the molecule is Fc1ccc2[nH]c(Br)nc2c1F. The molecule has 0 saturated carbocycles. The van der Waals surface area contributed by atoms with Gasteiger partial charge in [-0.25, -0.2) is 13.8 Å². The van der Waals surface area contributed by atoms with Crippen LogP contribution in [0.3, 0.4) is 0 Å². The lowest BCUT2D eigenvalue weighted by molar-refractivity contribution is 0.515. The second-order valence-electron chi connectivity index (χ2n) is 2.29. The predicted molar refractivity (Wildman–Crippen MR) is 43.7 cm³/mol. The Labute approximate surface area is 74.7 Å². The van der Waals surface area contributed by atoms with E-state index in [1.54, 1.807) is 0 Å². The van der Waals surface area contributed by atoms with Gasteiger partial charge in [-0.15, -0.1) is 0 Å². The van der Waals surface area contributed by atoms with E-state index in [0.29, 0.717) is 10.3 Å². The van der Waals surface area contributed by atoms with Gasteiger partial charge in [0.2, 0.25) is 0 Å². The molecule has 1 N–H and O–H groups in total. The topological polar surface area (TPSA) is 28.7 Å². The van der Waals surface area contributed by atoms with Crippen molar-refractivity contribution in [3.8, 4) is 0 Å². The van der Waals surface area contributed by atoms with Crippen LogP contribution in [0.2, 0.25) is 0 Å². The van der Waals surface area contributed by atoms with E-state index < -0.39 is 11.6 Å². The Morgan fingerprint density at radius 2 is 2.08 bits per heavy atom. The van der Waals surface area contributed by atoms with E-state index in [1.807, 2.05) is 0 Å². The normalized spacial score (nSPS) is 10.9. The highest BCUT2D eigenvalue weighted by Gasteiger charge is 2.09. The number of aromatic amines is 1. The molecule has 0 aliphatic carbocycles. The summed E-state index contributed by atoms with van der Waals surface area (Å²) in [6.45, 7) is 0. The summed E-state index contributed by atoms with van der Waals surface area (Å²) in [4.78, 5) is 6.44. The third kappa shape index (κ3) is 1.01. The molecule has 2 rings (SSSR count). The van der Waals surface area contributed by atoms with Gasteiger partial charge in [0, 0.05) is 0 Å². The summed E-state index contributed by atoms with van der Waals surface area (Å²) in [7, 11) is 0. The highest BCUT2D eigenvalue weighted by Crippen LogP contribution is 2.19. The van der Waals surface area contributed by atoms with Crippen molar-refractivity contribution in [2.24, 2.45) is 0 Å². The highest BCUT2D eigenvalue weighted by atomic mass is 79.9. The van der Waals surface area contributed by atoms with Crippen LogP contribution in [0.1, 0.15) is 0 Å². The molecule has 0 unspecified atom stereocenters. The first-order valence-corrected chi connectivity index (χ1v) is 3.97. The predicted octanol–water partition coefficient (Wildman–Crippen LogP) is 2.60. The average Bonchev–Trinajstić information content (AvgIpc) is 2.39. The van der Waals surface area contributed by atoms with E-state index in [1.165, 1.54) is 6.07 Å². The number of H-pyrrole nitrogens is 1. The van der Waals surface area contributed by atoms with E-state index >= 15 is 0 Å². The summed E-state index contributed by atoms with van der Waals surface area (Å²) >= 11 is 3.03. The minimum absolute atomic E-state index is 0.0156. The average molecular weight is 233 g/mol. The number of halogens is 3. The van der Waals surface area contributed by atoms with Gasteiger partial charge in [-0.2, -0.15) is 0 Å². The molecule has 0 aliphatic rings. The van der Waals surface area contributed by atoms with Crippen LogP contribution in [0.25, 0.3) is 11.0 Å². The Morgan fingerprint density at radius 3 is 2.83 bits per heavy atom. The molecular weight excluding hydrogens is 230 g/mol. The fraction of sp³-hybridized carbons (Fsp3) is 0. The van der Waals surface area contributed by atoms with Gasteiger partial charge in [0.25, 0.3) is 0 Å². The van der Waals surface area contributed by atoms with Crippen LogP contribution < -0.4 is 0 Å². The number of aromatic nitrogens is 2. The van der Waals surface area contributed by atoms with E-state index in [9.17, 15) is 8.78 Å². The van der Waals surface area contributed by atoms with Gasteiger partial charge in [0.1, 0.15) is 5.52 Å². The molecule has 12 heavy (non-hydrogen) atoms. The van der Waals surface area contributed by atoms with Gasteiger partial charge in [-0.1, -0.05) is 0 Å². The van der Waals surface area contributed by atoms with Gasteiger partial charge in [-0.05, 0) is 28.1 Å². The summed E-state index contributed by atoms with van der Waals surface area (Å²) < 4.78 is 25.9. The lowest BCUT2D eigenvalue weighted by Gasteiger charge is -1.90. The number of fused-ring (bicyclic) bond motifs is 1. The molecule has 0 atom stereocenters. The largest absolute Gasteiger partial charge is 0.332 e. The molecule has 5 heteroatoms. The maximum atomic E-state index is 12.9. The lowest BCUT2D eigenvalue weighted by Crippen LogP contribution is -1.84. The van der Waals surface area contributed by atoms with Crippen molar-refractivity contribution in [3.05, 3.63) is 28.5 Å². The van der Waals surface area contributed by atoms with Crippen molar-refractivity contribution in [2.45, 2.75) is 0 Å². The first-order valence-electron chi connectivity index (χ1n) is 3.17. The molecule has 0 radical (unpaired) electrons. The molecule has 0 amide bonds. The van der Waals surface area contributed by atoms with Crippen molar-refractivity contribution in [1.29, 1.82) is 0 Å². The molecule has 0 fully saturated rings. The molecule has 2 aromatic rings. The van der Waals surface area contributed by atoms with E-state index in [0.717, 1.165) is 6.07 Å². The number of hydrogen-bond donors (Lipinski definition) is 1. The lowest BCUT2D eigenvalue weighted by atomic mass is 10.3. The fourth-order valence-electron chi connectivity index (χ4n) is 0.987. The molecule has 0 saturated heterocycles. The fourth-order valence-corrected chi connectivity index (χ4v) is 1.38. The molecule has 1 heterocycles. The van der Waals surface area contributed by atoms with Gasteiger partial charge in [0.05, 0.1) is 5.52 Å². The second-order valence-corrected chi connectivity index (χ2v) is 3.04. The third-order valence-electron chi connectivity index (χ3n) is 1.52. The van der Waals surface area contributed by atoms with Gasteiger partial charge in [-0.3, -0.25) is 0 Å². The Morgan fingerprint density at radius 1 is 1.33 bits per heavy atom. The monoisotopic (exact) mass is 232 g/mol. The third-order valence-corrected chi connectivity index (χ3v) is 1.89. The Bertz CT molecular complexity index is 438. The summed E-state index contributed by atoms with van der Waals surface area (Å²) in [6.07, 6.45) is 0. The van der Waals surface area contributed by atoms with Crippen LogP contribution in [0.5, 0.6) is 0 Å². The molecular formula is C7H3BrF2N2. The summed E-state index contributed by atoms with van der Waals surface area (Å²) in [6, 6.07) is 2.49. The van der Waals surface area contributed by atoms with Crippen molar-refractivity contribution < 1.29 is 8.78 Å². The summed E-state index contributed by atoms with van der Waals surface area (Å²) in [5, 5.41) is 0. The van der Waals surface area contributed by atoms with Gasteiger partial charge < -0.3 is 4.98 Å². The maximum Gasteiger partial charge on any atom is 0.186 e. The number of hydrogen-bond acceptors (Lipinski definition) is 1. The Hall–Kier alpha value is -0.970. The molecule has 0 aliphatic heterocycles. The standard InChI is InChI=1S/C7H3BrF2N2/c8-7-11-4-2-1-3(9)5(10)6(4)12-7/h1-2H,(H,11,12). The number of nitrogens with zero attached hydrogens (tertiary/aromatic N) is 1. The van der Waals surface area contributed by atoms with Crippen LogP contribution in [-0.2, 0) is 0 Å². The van der Waals surface area contributed by atoms with Crippen molar-refractivity contribution in [1.82, 2.24) is 9.97 Å². The number of nitrogens with one attached hydrogen (secondary N) is 1. The quantitative estimate of drug-likeness (QED) is 0.744. The molecule has 1 aromatic heterocycles. The van der Waals surface area contributed by atoms with Crippen molar-refractivity contribution in [2.75, 3.05) is 0 Å². The minimum atomic E-state index is -0.922. The van der Waals surface area contributed by atoms with Crippen LogP contribution in [0.15, 0.2) is 16.9 Å². The Kier molecular flexibility index (Phi) is 1.61. The Balaban J connectivity index is 2.89. The zero-order valence-corrected chi connectivity index (χ0v) is 7.32. The number of imidazole rings is 1. The second kappa shape index (κ2) is 2.52. The highest BCUT2D eigenvalue weighted by molar-refractivity contribution is 9.10. The maximum absolute atomic E-state index is 12.9. The molecule has 0 bridgehead atoms. The summed E-state index contributed by atoms with van der Waals surface area (Å²) in [5.74, 6) is -1.81. The smallest absolute Gasteiger partial charge is 0.186 e. The summed E-state index contributed by atoms with van der Waals surface area (Å²) in [5.41, 5.74) is 0.489. The van der Waals surface area contributed by atoms with Crippen LogP contribution in [0, 0.1) is 11.6 Å². The molecule has 2 nitrogen and oxygen atoms in total. The van der Waals surface area contributed by atoms with Gasteiger partial charge >= 0.3 is 0 Å².